The molecule has 0 saturated heterocycles. The molecule has 2 rings (SSSR count). The van der Waals surface area contributed by atoms with E-state index in [0.717, 1.165) is 22.4 Å². The molecule has 1 unspecified atom stereocenters. The van der Waals surface area contributed by atoms with E-state index in [0.29, 0.717) is 0 Å². The van der Waals surface area contributed by atoms with E-state index in [1.54, 1.807) is 26.6 Å². The van der Waals surface area contributed by atoms with Gasteiger partial charge in [0.05, 0.1) is 19.4 Å². The summed E-state index contributed by atoms with van der Waals surface area (Å²) < 4.78 is 10.7. The normalized spacial score (nSPS) is 12.2. The maximum Gasteiger partial charge on any atom is 0.144 e. The topological polar surface area (TPSA) is 31.4 Å². The molecule has 0 spiro atoms. The van der Waals surface area contributed by atoms with Crippen molar-refractivity contribution in [3.63, 3.8) is 0 Å². The molecular formula is C15H17NO2. The predicted molar refractivity (Wildman–Crippen MR) is 71.6 cm³/mol. The lowest BCUT2D eigenvalue weighted by Gasteiger charge is -2.12. The number of nitrogens with zero attached hydrogens (tertiary/aromatic N) is 1. The number of hydrogen-bond acceptors (Lipinski definition) is 3. The second-order valence-electron chi connectivity index (χ2n) is 4.08. The zero-order valence-electron chi connectivity index (χ0n) is 10.9. The third-order valence-corrected chi connectivity index (χ3v) is 3.03. The second-order valence-corrected chi connectivity index (χ2v) is 4.08. The van der Waals surface area contributed by atoms with Gasteiger partial charge >= 0.3 is 0 Å². The summed E-state index contributed by atoms with van der Waals surface area (Å²) in [5, 5.41) is 0. The van der Waals surface area contributed by atoms with E-state index in [9.17, 15) is 0 Å². The molecule has 2 aromatic rings. The predicted octanol–water partition coefficient (Wildman–Crippen LogP) is 3.46. The van der Waals surface area contributed by atoms with Crippen molar-refractivity contribution in [2.75, 3.05) is 14.2 Å². The van der Waals surface area contributed by atoms with Crippen molar-refractivity contribution in [3.8, 4) is 16.9 Å². The second kappa shape index (κ2) is 5.65. The number of aromatic nitrogens is 1. The minimum Gasteiger partial charge on any atom is -0.494 e. The molecule has 3 heteroatoms. The first-order valence-electron chi connectivity index (χ1n) is 5.87. The zero-order chi connectivity index (χ0) is 13.0. The van der Waals surface area contributed by atoms with Crippen LogP contribution in [0.4, 0.5) is 0 Å². The molecule has 18 heavy (non-hydrogen) atoms. The van der Waals surface area contributed by atoms with Gasteiger partial charge in [-0.3, -0.25) is 4.98 Å². The highest BCUT2D eigenvalue weighted by Gasteiger charge is 2.08. The van der Waals surface area contributed by atoms with Gasteiger partial charge in [-0.2, -0.15) is 0 Å². The molecular weight excluding hydrogens is 226 g/mol. The first-order valence-corrected chi connectivity index (χ1v) is 5.87. The van der Waals surface area contributed by atoms with Crippen LogP contribution >= 0.6 is 0 Å². The van der Waals surface area contributed by atoms with Gasteiger partial charge in [-0.05, 0) is 30.2 Å². The molecule has 0 radical (unpaired) electrons. The summed E-state index contributed by atoms with van der Waals surface area (Å²) in [6.45, 7) is 2.03. The Balaban J connectivity index is 2.44. The van der Waals surface area contributed by atoms with Crippen LogP contribution in [0.15, 0.2) is 42.7 Å². The van der Waals surface area contributed by atoms with Crippen LogP contribution in [0.1, 0.15) is 18.6 Å². The van der Waals surface area contributed by atoms with Crippen LogP contribution in [0, 0.1) is 0 Å². The van der Waals surface area contributed by atoms with Gasteiger partial charge in [0.1, 0.15) is 5.75 Å². The van der Waals surface area contributed by atoms with Crippen molar-refractivity contribution in [2.45, 2.75) is 13.0 Å². The molecule has 0 aliphatic heterocycles. The number of pyridine rings is 1. The number of ether oxygens (including phenoxy) is 2. The number of methoxy groups -OCH3 is 2. The Hall–Kier alpha value is -1.87. The molecule has 94 valence electrons. The summed E-state index contributed by atoms with van der Waals surface area (Å²) in [5.74, 6) is 0.778. The van der Waals surface area contributed by atoms with Crippen molar-refractivity contribution >= 4 is 0 Å². The van der Waals surface area contributed by atoms with E-state index < -0.39 is 0 Å². The molecule has 1 aromatic heterocycles. The standard InChI is InChI=1S/C15H17NO2/c1-11(17-2)12-5-4-6-13(9-12)14-7-8-16-10-15(14)18-3/h4-11H,1-3H3. The molecule has 0 saturated carbocycles. The van der Waals surface area contributed by atoms with Gasteiger partial charge in [0.2, 0.25) is 0 Å². The Labute approximate surface area is 107 Å². The molecule has 0 N–H and O–H groups in total. The van der Waals surface area contributed by atoms with Crippen molar-refractivity contribution in [1.82, 2.24) is 4.98 Å². The highest BCUT2D eigenvalue weighted by Crippen LogP contribution is 2.30. The molecule has 0 aliphatic carbocycles. The van der Waals surface area contributed by atoms with E-state index in [4.69, 9.17) is 9.47 Å². The summed E-state index contributed by atoms with van der Waals surface area (Å²) in [5.41, 5.74) is 3.29. The third kappa shape index (κ3) is 2.51. The maximum atomic E-state index is 5.34. The van der Waals surface area contributed by atoms with Gasteiger partial charge in [-0.25, -0.2) is 0 Å². The molecule has 1 atom stereocenters. The van der Waals surface area contributed by atoms with Gasteiger partial charge < -0.3 is 9.47 Å². The highest BCUT2D eigenvalue weighted by molar-refractivity contribution is 5.70. The van der Waals surface area contributed by atoms with Crippen LogP contribution in [0.3, 0.4) is 0 Å². The smallest absolute Gasteiger partial charge is 0.144 e. The van der Waals surface area contributed by atoms with Crippen molar-refractivity contribution in [2.24, 2.45) is 0 Å². The minimum atomic E-state index is 0.0813. The van der Waals surface area contributed by atoms with Crippen LogP contribution in [0.2, 0.25) is 0 Å². The number of hydrogen-bond donors (Lipinski definition) is 0. The van der Waals surface area contributed by atoms with E-state index in [2.05, 4.69) is 23.2 Å². The maximum absolute atomic E-state index is 5.34. The lowest BCUT2D eigenvalue weighted by Crippen LogP contribution is -1.96. The Kier molecular flexibility index (Phi) is 3.95. The van der Waals surface area contributed by atoms with Crippen LogP contribution in [0.5, 0.6) is 5.75 Å². The van der Waals surface area contributed by atoms with Crippen molar-refractivity contribution in [3.05, 3.63) is 48.3 Å². The average Bonchev–Trinajstić information content (AvgIpc) is 2.46. The monoisotopic (exact) mass is 243 g/mol. The summed E-state index contributed by atoms with van der Waals surface area (Å²) >= 11 is 0. The Morgan fingerprint density at radius 1 is 1.17 bits per heavy atom. The Bertz CT molecular complexity index is 525. The van der Waals surface area contributed by atoms with Crippen LogP contribution in [-0.2, 0) is 4.74 Å². The first kappa shape index (κ1) is 12.6. The largest absolute Gasteiger partial charge is 0.494 e. The van der Waals surface area contributed by atoms with Crippen molar-refractivity contribution < 1.29 is 9.47 Å². The first-order chi connectivity index (χ1) is 8.76. The Morgan fingerprint density at radius 3 is 2.72 bits per heavy atom. The van der Waals surface area contributed by atoms with Gasteiger partial charge in [-0.15, -0.1) is 0 Å². The van der Waals surface area contributed by atoms with Gasteiger partial charge in [0.25, 0.3) is 0 Å². The van der Waals surface area contributed by atoms with E-state index in [1.165, 1.54) is 0 Å². The lowest BCUT2D eigenvalue weighted by molar-refractivity contribution is 0.119. The number of benzene rings is 1. The fraction of sp³-hybridized carbons (Fsp3) is 0.267. The minimum absolute atomic E-state index is 0.0813. The molecule has 0 bridgehead atoms. The van der Waals surface area contributed by atoms with Gasteiger partial charge in [0.15, 0.2) is 0 Å². The molecule has 0 fully saturated rings. The summed E-state index contributed by atoms with van der Waals surface area (Å²) in [6, 6.07) is 10.2. The summed E-state index contributed by atoms with van der Waals surface area (Å²) in [6.07, 6.45) is 3.57. The summed E-state index contributed by atoms with van der Waals surface area (Å²) in [4.78, 5) is 4.07. The Morgan fingerprint density at radius 2 is 2.00 bits per heavy atom. The average molecular weight is 243 g/mol. The summed E-state index contributed by atoms with van der Waals surface area (Å²) in [7, 11) is 3.37. The highest BCUT2D eigenvalue weighted by atomic mass is 16.5. The molecule has 1 aromatic carbocycles. The van der Waals surface area contributed by atoms with Crippen LogP contribution in [0.25, 0.3) is 11.1 Å². The van der Waals surface area contributed by atoms with E-state index in [-0.39, 0.29) is 6.10 Å². The van der Waals surface area contributed by atoms with Gasteiger partial charge in [-0.1, -0.05) is 18.2 Å². The zero-order valence-corrected chi connectivity index (χ0v) is 10.9. The third-order valence-electron chi connectivity index (χ3n) is 3.03. The van der Waals surface area contributed by atoms with Gasteiger partial charge in [0, 0.05) is 18.9 Å². The lowest BCUT2D eigenvalue weighted by atomic mass is 10.0. The molecule has 1 heterocycles. The quantitative estimate of drug-likeness (QED) is 0.824. The van der Waals surface area contributed by atoms with Crippen LogP contribution in [-0.4, -0.2) is 19.2 Å². The molecule has 0 aliphatic rings. The molecule has 0 amide bonds. The number of rotatable bonds is 4. The SMILES string of the molecule is COc1cnccc1-c1cccc(C(C)OC)c1. The fourth-order valence-electron chi connectivity index (χ4n) is 1.88. The fourth-order valence-corrected chi connectivity index (χ4v) is 1.88. The van der Waals surface area contributed by atoms with Crippen LogP contribution < -0.4 is 4.74 Å². The molecule has 3 nitrogen and oxygen atoms in total. The van der Waals surface area contributed by atoms with Crippen molar-refractivity contribution in [1.29, 1.82) is 0 Å². The van der Waals surface area contributed by atoms with E-state index >= 15 is 0 Å². The van der Waals surface area contributed by atoms with E-state index in [1.807, 2.05) is 19.1 Å².